The minimum atomic E-state index is -0.423. The molecule has 26 heavy (non-hydrogen) atoms. The van der Waals surface area contributed by atoms with Crippen LogP contribution in [-0.4, -0.2) is 28.9 Å². The first-order valence-electron chi connectivity index (χ1n) is 8.03. The second-order valence-corrected chi connectivity index (χ2v) is 5.37. The summed E-state index contributed by atoms with van der Waals surface area (Å²) in [7, 11) is 0. The van der Waals surface area contributed by atoms with Crippen LogP contribution in [-0.2, 0) is 0 Å². The van der Waals surface area contributed by atoms with Gasteiger partial charge < -0.3 is 4.74 Å². The van der Waals surface area contributed by atoms with Gasteiger partial charge in [-0.1, -0.05) is 12.1 Å². The number of halogens is 1. The van der Waals surface area contributed by atoms with Gasteiger partial charge in [0.2, 0.25) is 0 Å². The van der Waals surface area contributed by atoms with Gasteiger partial charge in [-0.15, -0.1) is 0 Å². The number of hydrogen-bond donors (Lipinski definition) is 2. The maximum atomic E-state index is 12.8. The van der Waals surface area contributed by atoms with E-state index >= 15 is 0 Å². The largest absolute Gasteiger partial charge is 0.494 e. The minimum Gasteiger partial charge on any atom is -0.494 e. The molecule has 3 aromatic rings. The molecule has 0 unspecified atom stereocenters. The molecule has 0 spiro atoms. The highest BCUT2D eigenvalue weighted by Crippen LogP contribution is 2.21. The maximum Gasteiger partial charge on any atom is 0.289 e. The van der Waals surface area contributed by atoms with Gasteiger partial charge in [0.1, 0.15) is 17.3 Å². The number of carbonyl (C=O) groups excluding carboxylic acids is 1. The fourth-order valence-electron chi connectivity index (χ4n) is 2.25. The van der Waals surface area contributed by atoms with Gasteiger partial charge in [-0.25, -0.2) is 9.82 Å². The Labute approximate surface area is 149 Å². The van der Waals surface area contributed by atoms with E-state index in [9.17, 15) is 9.18 Å². The Morgan fingerprint density at radius 3 is 2.65 bits per heavy atom. The molecule has 3 rings (SSSR count). The molecular weight excluding hydrogens is 335 g/mol. The number of hydrogen-bond acceptors (Lipinski definition) is 4. The number of aromatic nitrogens is 2. The molecule has 6 nitrogen and oxygen atoms in total. The van der Waals surface area contributed by atoms with E-state index in [1.165, 1.54) is 18.3 Å². The van der Waals surface area contributed by atoms with E-state index in [2.05, 4.69) is 20.7 Å². The van der Waals surface area contributed by atoms with Crippen LogP contribution in [0.1, 0.15) is 23.0 Å². The van der Waals surface area contributed by atoms with Crippen molar-refractivity contribution in [2.45, 2.75) is 6.92 Å². The lowest BCUT2D eigenvalue weighted by Gasteiger charge is -2.02. The number of benzene rings is 2. The van der Waals surface area contributed by atoms with Crippen LogP contribution in [0, 0.1) is 5.82 Å². The molecular formula is C19H17FN4O2. The average molecular weight is 352 g/mol. The molecule has 7 heteroatoms. The lowest BCUT2D eigenvalue weighted by atomic mass is 10.1. The Balaban J connectivity index is 1.63. The first kappa shape index (κ1) is 17.3. The van der Waals surface area contributed by atoms with Gasteiger partial charge >= 0.3 is 0 Å². The van der Waals surface area contributed by atoms with Crippen LogP contribution in [0.25, 0.3) is 11.3 Å². The summed E-state index contributed by atoms with van der Waals surface area (Å²) < 4.78 is 18.2. The topological polar surface area (TPSA) is 79.4 Å². The van der Waals surface area contributed by atoms with Crippen LogP contribution in [0.2, 0.25) is 0 Å². The molecule has 1 heterocycles. The van der Waals surface area contributed by atoms with Crippen molar-refractivity contribution >= 4 is 12.1 Å². The number of aromatic amines is 1. The summed E-state index contributed by atoms with van der Waals surface area (Å²) in [5, 5.41) is 10.7. The summed E-state index contributed by atoms with van der Waals surface area (Å²) in [6.45, 7) is 2.52. The zero-order chi connectivity index (χ0) is 18.4. The molecule has 1 amide bonds. The SMILES string of the molecule is CCOc1ccc(-c2cc(C(=O)N/N=C\c3ccc(F)cc3)[nH]n2)cc1. The second-order valence-electron chi connectivity index (χ2n) is 5.37. The molecule has 0 aliphatic heterocycles. The fourth-order valence-corrected chi connectivity index (χ4v) is 2.25. The maximum absolute atomic E-state index is 12.8. The minimum absolute atomic E-state index is 0.283. The molecule has 0 aliphatic rings. The first-order chi connectivity index (χ1) is 12.7. The van der Waals surface area contributed by atoms with Crippen molar-refractivity contribution in [1.82, 2.24) is 15.6 Å². The van der Waals surface area contributed by atoms with E-state index in [4.69, 9.17) is 4.74 Å². The second kappa shape index (κ2) is 8.06. The molecule has 2 aromatic carbocycles. The standard InChI is InChI=1S/C19H17FN4O2/c1-2-26-16-9-5-14(6-10-16)17-11-18(23-22-17)19(25)24-21-12-13-3-7-15(20)8-4-13/h3-12H,2H2,1H3,(H,22,23)(H,24,25)/b21-12-. The van der Waals surface area contributed by atoms with Crippen molar-refractivity contribution in [3.8, 4) is 17.0 Å². The molecule has 2 N–H and O–H groups in total. The lowest BCUT2D eigenvalue weighted by Crippen LogP contribution is -2.17. The predicted octanol–water partition coefficient (Wildman–Crippen LogP) is 3.38. The highest BCUT2D eigenvalue weighted by molar-refractivity contribution is 5.94. The lowest BCUT2D eigenvalue weighted by molar-refractivity contribution is 0.0950. The van der Waals surface area contributed by atoms with Crippen molar-refractivity contribution in [2.75, 3.05) is 6.61 Å². The van der Waals surface area contributed by atoms with Crippen LogP contribution < -0.4 is 10.2 Å². The highest BCUT2D eigenvalue weighted by Gasteiger charge is 2.10. The molecule has 0 aliphatic carbocycles. The molecule has 0 fully saturated rings. The van der Waals surface area contributed by atoms with Gasteiger partial charge in [-0.3, -0.25) is 9.89 Å². The van der Waals surface area contributed by atoms with E-state index in [0.717, 1.165) is 11.3 Å². The van der Waals surface area contributed by atoms with Crippen LogP contribution in [0.4, 0.5) is 4.39 Å². The van der Waals surface area contributed by atoms with E-state index in [1.807, 2.05) is 31.2 Å². The Hall–Kier alpha value is -3.48. The van der Waals surface area contributed by atoms with Crippen molar-refractivity contribution in [1.29, 1.82) is 0 Å². The molecule has 0 saturated carbocycles. The number of nitrogens with zero attached hydrogens (tertiary/aromatic N) is 2. The number of H-pyrrole nitrogens is 1. The third kappa shape index (κ3) is 4.32. The van der Waals surface area contributed by atoms with Gasteiger partial charge in [0, 0.05) is 5.56 Å². The number of ether oxygens (including phenoxy) is 1. The van der Waals surface area contributed by atoms with Crippen molar-refractivity contribution in [3.63, 3.8) is 0 Å². The van der Waals surface area contributed by atoms with E-state index in [0.29, 0.717) is 17.9 Å². The summed E-state index contributed by atoms with van der Waals surface area (Å²) in [5.41, 5.74) is 4.85. The monoisotopic (exact) mass is 352 g/mol. The molecule has 132 valence electrons. The zero-order valence-electron chi connectivity index (χ0n) is 14.1. The van der Waals surface area contributed by atoms with E-state index < -0.39 is 5.91 Å². The van der Waals surface area contributed by atoms with Gasteiger partial charge in [-0.05, 0) is 55.0 Å². The van der Waals surface area contributed by atoms with Crippen molar-refractivity contribution in [3.05, 3.63) is 71.7 Å². The first-order valence-corrected chi connectivity index (χ1v) is 8.03. The van der Waals surface area contributed by atoms with Crippen molar-refractivity contribution in [2.24, 2.45) is 5.10 Å². The molecule has 1 aromatic heterocycles. The van der Waals surface area contributed by atoms with Crippen molar-refractivity contribution < 1.29 is 13.9 Å². The fraction of sp³-hybridized carbons (Fsp3) is 0.105. The Morgan fingerprint density at radius 1 is 1.23 bits per heavy atom. The van der Waals surface area contributed by atoms with E-state index in [1.54, 1.807) is 18.2 Å². The third-order valence-electron chi connectivity index (χ3n) is 3.53. The normalized spacial score (nSPS) is 10.8. The Bertz CT molecular complexity index is 902. The smallest absolute Gasteiger partial charge is 0.289 e. The number of rotatable bonds is 6. The molecule has 0 atom stereocenters. The molecule has 0 radical (unpaired) electrons. The average Bonchev–Trinajstić information content (AvgIpc) is 3.14. The number of nitrogens with one attached hydrogen (secondary N) is 2. The van der Waals surface area contributed by atoms with E-state index in [-0.39, 0.29) is 11.5 Å². The number of carbonyl (C=O) groups is 1. The summed E-state index contributed by atoms with van der Waals surface area (Å²) in [6, 6.07) is 14.8. The van der Waals surface area contributed by atoms with Crippen LogP contribution in [0.5, 0.6) is 5.75 Å². The summed E-state index contributed by atoms with van der Waals surface area (Å²) in [5.74, 6) is 0.0263. The van der Waals surface area contributed by atoms with Gasteiger partial charge in [0.25, 0.3) is 5.91 Å². The van der Waals surface area contributed by atoms with Crippen LogP contribution in [0.15, 0.2) is 59.7 Å². The number of amides is 1. The molecule has 0 bridgehead atoms. The quantitative estimate of drug-likeness (QED) is 0.527. The van der Waals surface area contributed by atoms with Gasteiger partial charge in [0.05, 0.1) is 18.5 Å². The third-order valence-corrected chi connectivity index (χ3v) is 3.53. The summed E-state index contributed by atoms with van der Waals surface area (Å²) in [6.07, 6.45) is 1.43. The van der Waals surface area contributed by atoms with Crippen LogP contribution in [0.3, 0.4) is 0 Å². The highest BCUT2D eigenvalue weighted by atomic mass is 19.1. The summed E-state index contributed by atoms with van der Waals surface area (Å²) >= 11 is 0. The predicted molar refractivity (Wildman–Crippen MR) is 96.7 cm³/mol. The summed E-state index contributed by atoms with van der Waals surface area (Å²) in [4.78, 5) is 12.1. The van der Waals surface area contributed by atoms with Gasteiger partial charge in [0.15, 0.2) is 0 Å². The zero-order valence-corrected chi connectivity index (χ0v) is 14.1. The number of hydrazone groups is 1. The Morgan fingerprint density at radius 2 is 1.96 bits per heavy atom. The molecule has 0 saturated heterocycles. The van der Waals surface area contributed by atoms with Gasteiger partial charge in [-0.2, -0.15) is 10.2 Å². The van der Waals surface area contributed by atoms with Crippen LogP contribution >= 0.6 is 0 Å². The Kier molecular flexibility index (Phi) is 5.38.